The van der Waals surface area contributed by atoms with E-state index in [9.17, 15) is 4.79 Å². The molecular formula is C14H21NO. The first-order valence-electron chi connectivity index (χ1n) is 6.13. The van der Waals surface area contributed by atoms with E-state index in [-0.39, 0.29) is 5.91 Å². The molecule has 0 saturated heterocycles. The molecule has 0 saturated carbocycles. The molecule has 1 heterocycles. The van der Waals surface area contributed by atoms with Gasteiger partial charge in [-0.2, -0.15) is 0 Å². The average Bonchev–Trinajstić information content (AvgIpc) is 2.30. The van der Waals surface area contributed by atoms with E-state index in [0.29, 0.717) is 6.42 Å². The molecule has 0 aromatic heterocycles. The number of carbonyl (C=O) groups excluding carboxylic acids is 1. The van der Waals surface area contributed by atoms with Crippen molar-refractivity contribution in [3.8, 4) is 0 Å². The Morgan fingerprint density at radius 1 is 1.25 bits per heavy atom. The zero-order valence-electron chi connectivity index (χ0n) is 10.7. The van der Waals surface area contributed by atoms with Crippen LogP contribution in [0.2, 0.25) is 0 Å². The summed E-state index contributed by atoms with van der Waals surface area (Å²) in [5.74, 6) is 0.140. The lowest BCUT2D eigenvalue weighted by Crippen LogP contribution is -2.19. The van der Waals surface area contributed by atoms with Crippen molar-refractivity contribution in [2.24, 2.45) is 0 Å². The van der Waals surface area contributed by atoms with Crippen LogP contribution in [0, 0.1) is 6.92 Å². The topological polar surface area (TPSA) is 29.1 Å². The molecule has 0 radical (unpaired) electrons. The fraction of sp³-hybridized carbons (Fsp3) is 0.500. The number of hydrogen-bond acceptors (Lipinski definition) is 1. The summed E-state index contributed by atoms with van der Waals surface area (Å²) in [5, 5.41) is 2.91. The van der Waals surface area contributed by atoms with Crippen LogP contribution in [0.25, 0.3) is 0 Å². The second-order valence-electron chi connectivity index (χ2n) is 3.84. The van der Waals surface area contributed by atoms with E-state index in [1.165, 1.54) is 16.7 Å². The monoisotopic (exact) mass is 219 g/mol. The molecule has 0 unspecified atom stereocenters. The number of aryl methyl sites for hydroxylation is 3. The summed E-state index contributed by atoms with van der Waals surface area (Å²) in [4.78, 5) is 11.2. The highest BCUT2D eigenvalue weighted by Crippen LogP contribution is 2.26. The summed E-state index contributed by atoms with van der Waals surface area (Å²) >= 11 is 0. The van der Waals surface area contributed by atoms with Crippen molar-refractivity contribution in [3.05, 3.63) is 28.8 Å². The van der Waals surface area contributed by atoms with Crippen molar-refractivity contribution in [1.29, 1.82) is 0 Å². The van der Waals surface area contributed by atoms with Gasteiger partial charge in [0, 0.05) is 12.1 Å². The highest BCUT2D eigenvalue weighted by molar-refractivity contribution is 5.94. The fourth-order valence-electron chi connectivity index (χ4n) is 1.97. The predicted octanol–water partition coefficient (Wildman–Crippen LogP) is 3.47. The number of benzene rings is 1. The number of amides is 1. The Morgan fingerprint density at radius 3 is 2.56 bits per heavy atom. The van der Waals surface area contributed by atoms with Crippen molar-refractivity contribution in [3.63, 3.8) is 0 Å². The largest absolute Gasteiger partial charge is 0.326 e. The third-order valence-corrected chi connectivity index (χ3v) is 2.84. The minimum absolute atomic E-state index is 0.140. The lowest BCUT2D eigenvalue weighted by Gasteiger charge is -2.18. The minimum atomic E-state index is 0.140. The van der Waals surface area contributed by atoms with Crippen LogP contribution in [0.3, 0.4) is 0 Å². The van der Waals surface area contributed by atoms with Gasteiger partial charge in [-0.05, 0) is 42.5 Å². The Kier molecular flexibility index (Phi) is 4.53. The summed E-state index contributed by atoms with van der Waals surface area (Å²) in [5.41, 5.74) is 4.95. The molecule has 1 amide bonds. The Hall–Kier alpha value is -1.31. The second-order valence-corrected chi connectivity index (χ2v) is 3.84. The van der Waals surface area contributed by atoms with Crippen LogP contribution in [0.4, 0.5) is 5.69 Å². The van der Waals surface area contributed by atoms with Gasteiger partial charge in [-0.1, -0.05) is 26.8 Å². The zero-order chi connectivity index (χ0) is 12.1. The third-order valence-electron chi connectivity index (χ3n) is 2.84. The van der Waals surface area contributed by atoms with Crippen LogP contribution >= 0.6 is 0 Å². The summed E-state index contributed by atoms with van der Waals surface area (Å²) < 4.78 is 0. The van der Waals surface area contributed by atoms with Gasteiger partial charge in [0.05, 0.1) is 0 Å². The maximum absolute atomic E-state index is 11.2. The molecule has 1 aromatic carbocycles. The van der Waals surface area contributed by atoms with Gasteiger partial charge in [0.2, 0.25) is 5.91 Å². The predicted molar refractivity (Wildman–Crippen MR) is 68.9 cm³/mol. The van der Waals surface area contributed by atoms with Crippen LogP contribution in [0.15, 0.2) is 12.1 Å². The van der Waals surface area contributed by atoms with Gasteiger partial charge in [-0.25, -0.2) is 0 Å². The molecule has 0 aliphatic carbocycles. The molecule has 0 atom stereocenters. The zero-order valence-corrected chi connectivity index (χ0v) is 10.7. The number of hydrogen-bond donors (Lipinski definition) is 1. The maximum Gasteiger partial charge on any atom is 0.224 e. The molecule has 2 heteroatoms. The minimum Gasteiger partial charge on any atom is -0.326 e. The highest BCUT2D eigenvalue weighted by atomic mass is 16.1. The molecule has 2 rings (SSSR count). The molecule has 1 aliphatic rings. The van der Waals surface area contributed by atoms with Crippen LogP contribution in [0.5, 0.6) is 0 Å². The quantitative estimate of drug-likeness (QED) is 0.770. The molecule has 0 spiro atoms. The van der Waals surface area contributed by atoms with Crippen molar-refractivity contribution in [1.82, 2.24) is 0 Å². The SMILES string of the molecule is CC.CCc1cc2c(cc1C)NC(=O)CC2. The standard InChI is InChI=1S/C12H15NO.C2H6/c1-3-9-7-10-4-5-12(14)13-11(10)6-8(9)2;1-2/h6-7H,3-5H2,1-2H3,(H,13,14);1-2H3. The van der Waals surface area contributed by atoms with Crippen molar-refractivity contribution < 1.29 is 4.79 Å². The van der Waals surface area contributed by atoms with Crippen LogP contribution in [-0.4, -0.2) is 5.91 Å². The van der Waals surface area contributed by atoms with E-state index in [1.807, 2.05) is 13.8 Å². The Bertz CT molecular complexity index is 383. The van der Waals surface area contributed by atoms with Gasteiger partial charge < -0.3 is 5.32 Å². The molecule has 0 fully saturated rings. The first-order valence-corrected chi connectivity index (χ1v) is 6.13. The summed E-state index contributed by atoms with van der Waals surface area (Å²) in [6.45, 7) is 8.26. The normalized spacial score (nSPS) is 13.4. The molecule has 1 N–H and O–H groups in total. The Balaban J connectivity index is 0.000000606. The molecular weight excluding hydrogens is 198 g/mol. The smallest absolute Gasteiger partial charge is 0.224 e. The lowest BCUT2D eigenvalue weighted by molar-refractivity contribution is -0.116. The van der Waals surface area contributed by atoms with Gasteiger partial charge in [0.1, 0.15) is 0 Å². The van der Waals surface area contributed by atoms with E-state index in [2.05, 4.69) is 31.3 Å². The van der Waals surface area contributed by atoms with Crippen molar-refractivity contribution >= 4 is 11.6 Å². The number of nitrogens with one attached hydrogen (secondary N) is 1. The highest BCUT2D eigenvalue weighted by Gasteiger charge is 2.15. The van der Waals surface area contributed by atoms with E-state index in [0.717, 1.165) is 18.5 Å². The number of carbonyl (C=O) groups is 1. The molecule has 2 nitrogen and oxygen atoms in total. The molecule has 0 bridgehead atoms. The Labute approximate surface area is 98.1 Å². The van der Waals surface area contributed by atoms with E-state index in [1.54, 1.807) is 0 Å². The van der Waals surface area contributed by atoms with Crippen LogP contribution in [-0.2, 0) is 17.6 Å². The lowest BCUT2D eigenvalue weighted by atomic mass is 9.96. The van der Waals surface area contributed by atoms with Crippen molar-refractivity contribution in [2.75, 3.05) is 5.32 Å². The van der Waals surface area contributed by atoms with Gasteiger partial charge in [0.25, 0.3) is 0 Å². The summed E-state index contributed by atoms with van der Waals surface area (Å²) in [6, 6.07) is 4.31. The number of anilines is 1. The maximum atomic E-state index is 11.2. The van der Waals surface area contributed by atoms with Crippen molar-refractivity contribution in [2.45, 2.75) is 47.0 Å². The molecule has 88 valence electrons. The molecule has 1 aliphatic heterocycles. The summed E-state index contributed by atoms with van der Waals surface area (Å²) in [7, 11) is 0. The van der Waals surface area contributed by atoms with E-state index in [4.69, 9.17) is 0 Å². The van der Waals surface area contributed by atoms with Gasteiger partial charge in [-0.3, -0.25) is 4.79 Å². The first-order chi connectivity index (χ1) is 7.70. The molecule has 1 aromatic rings. The van der Waals surface area contributed by atoms with Crippen LogP contribution in [0.1, 0.15) is 43.9 Å². The first kappa shape index (κ1) is 12.8. The molecule has 16 heavy (non-hydrogen) atoms. The second kappa shape index (κ2) is 5.69. The fourth-order valence-corrected chi connectivity index (χ4v) is 1.97. The van der Waals surface area contributed by atoms with Crippen LogP contribution < -0.4 is 5.32 Å². The van der Waals surface area contributed by atoms with Gasteiger partial charge in [-0.15, -0.1) is 0 Å². The summed E-state index contributed by atoms with van der Waals surface area (Å²) in [6.07, 6.45) is 2.57. The number of fused-ring (bicyclic) bond motifs is 1. The van der Waals surface area contributed by atoms with Gasteiger partial charge in [0.15, 0.2) is 0 Å². The third kappa shape index (κ3) is 2.63. The van der Waals surface area contributed by atoms with E-state index < -0.39 is 0 Å². The average molecular weight is 219 g/mol. The number of rotatable bonds is 1. The van der Waals surface area contributed by atoms with E-state index >= 15 is 0 Å². The Morgan fingerprint density at radius 2 is 1.94 bits per heavy atom. The van der Waals surface area contributed by atoms with Gasteiger partial charge >= 0.3 is 0 Å².